The van der Waals surface area contributed by atoms with Gasteiger partial charge in [0.15, 0.2) is 6.29 Å². The predicted molar refractivity (Wildman–Crippen MR) is 122 cm³/mol. The maximum atomic E-state index is 11.6. The SMILES string of the molecule is CCO[C@H]1OC[C@]23CCC[C@@]1(C)C2CCC1(C)C3CC[C@](C)(O)[C@H]1c1cc(O)ccc1O. The predicted octanol–water partition coefficient (Wildman–Crippen LogP) is 5.33. The van der Waals surface area contributed by atoms with Crippen molar-refractivity contribution in [1.29, 1.82) is 0 Å². The van der Waals surface area contributed by atoms with Gasteiger partial charge in [-0.25, -0.2) is 0 Å². The van der Waals surface area contributed by atoms with Crippen molar-refractivity contribution < 1.29 is 24.8 Å². The zero-order valence-electron chi connectivity index (χ0n) is 20.1. The van der Waals surface area contributed by atoms with Gasteiger partial charge < -0.3 is 24.8 Å². The Balaban J connectivity index is 1.60. The first kappa shape index (κ1) is 22.5. The van der Waals surface area contributed by atoms with Crippen molar-refractivity contribution in [2.75, 3.05) is 13.2 Å². The van der Waals surface area contributed by atoms with Crippen LogP contribution in [0.2, 0.25) is 0 Å². The second kappa shape index (κ2) is 7.35. The highest BCUT2D eigenvalue weighted by molar-refractivity contribution is 5.44. The zero-order chi connectivity index (χ0) is 22.9. The molecule has 32 heavy (non-hydrogen) atoms. The smallest absolute Gasteiger partial charge is 0.163 e. The second-order valence-electron chi connectivity index (χ2n) is 11.9. The molecular formula is C27H40O5. The van der Waals surface area contributed by atoms with E-state index in [9.17, 15) is 15.3 Å². The lowest BCUT2D eigenvalue weighted by atomic mass is 9.36. The summed E-state index contributed by atoms with van der Waals surface area (Å²) in [4.78, 5) is 0. The van der Waals surface area contributed by atoms with Crippen LogP contribution in [0, 0.1) is 28.1 Å². The number of phenolic OH excluding ortho intramolecular Hbond substituents is 2. The minimum Gasteiger partial charge on any atom is -0.508 e. The van der Waals surface area contributed by atoms with Crippen molar-refractivity contribution in [3.63, 3.8) is 0 Å². The molecule has 2 bridgehead atoms. The Bertz CT molecular complexity index is 883. The molecule has 178 valence electrons. The van der Waals surface area contributed by atoms with Gasteiger partial charge in [0.05, 0.1) is 12.2 Å². The van der Waals surface area contributed by atoms with Gasteiger partial charge in [-0.05, 0) is 87.8 Å². The van der Waals surface area contributed by atoms with E-state index < -0.39 is 5.60 Å². The average Bonchev–Trinajstić information content (AvgIpc) is 2.71. The Hall–Kier alpha value is -1.30. The molecule has 8 atom stereocenters. The fourth-order valence-corrected chi connectivity index (χ4v) is 9.21. The molecule has 5 nitrogen and oxygen atoms in total. The van der Waals surface area contributed by atoms with E-state index in [2.05, 4.69) is 13.8 Å². The molecular weight excluding hydrogens is 404 g/mol. The van der Waals surface area contributed by atoms with Crippen molar-refractivity contribution in [2.24, 2.45) is 28.1 Å². The number of ether oxygens (including phenoxy) is 2. The topological polar surface area (TPSA) is 79.2 Å². The summed E-state index contributed by atoms with van der Waals surface area (Å²) in [6.45, 7) is 10.1. The summed E-state index contributed by atoms with van der Waals surface area (Å²) in [6, 6.07) is 4.74. The van der Waals surface area contributed by atoms with Crippen LogP contribution in [0.1, 0.15) is 84.1 Å². The second-order valence-corrected chi connectivity index (χ2v) is 11.9. The summed E-state index contributed by atoms with van der Waals surface area (Å²) in [5.41, 5.74) is -0.351. The van der Waals surface area contributed by atoms with Crippen molar-refractivity contribution in [3.8, 4) is 11.5 Å². The van der Waals surface area contributed by atoms with E-state index >= 15 is 0 Å². The summed E-state index contributed by atoms with van der Waals surface area (Å²) in [6.07, 6.45) is 7.09. The van der Waals surface area contributed by atoms with Gasteiger partial charge >= 0.3 is 0 Å². The molecule has 0 amide bonds. The first-order valence-corrected chi connectivity index (χ1v) is 12.6. The Morgan fingerprint density at radius 3 is 2.47 bits per heavy atom. The molecule has 1 aliphatic heterocycles. The minimum absolute atomic E-state index is 0.0243. The van der Waals surface area contributed by atoms with Crippen LogP contribution in [0.5, 0.6) is 11.5 Å². The Morgan fingerprint density at radius 1 is 1.00 bits per heavy atom. The average molecular weight is 445 g/mol. The lowest BCUT2D eigenvalue weighted by Gasteiger charge is -2.71. The van der Waals surface area contributed by atoms with Crippen LogP contribution in [-0.4, -0.2) is 40.4 Å². The number of rotatable bonds is 3. The number of fused-ring (bicyclic) bond motifs is 1. The van der Waals surface area contributed by atoms with E-state index in [-0.39, 0.29) is 40.0 Å². The first-order valence-electron chi connectivity index (χ1n) is 12.6. The Morgan fingerprint density at radius 2 is 1.72 bits per heavy atom. The number of benzene rings is 1. The molecule has 1 saturated heterocycles. The normalized spacial score (nSPS) is 48.0. The van der Waals surface area contributed by atoms with Crippen LogP contribution in [0.25, 0.3) is 0 Å². The summed E-state index contributed by atoms with van der Waals surface area (Å²) >= 11 is 0. The van der Waals surface area contributed by atoms with E-state index in [1.807, 2.05) is 13.8 Å². The van der Waals surface area contributed by atoms with E-state index in [1.54, 1.807) is 12.1 Å². The van der Waals surface area contributed by atoms with Crippen LogP contribution in [0.3, 0.4) is 0 Å². The standard InChI is InChI=1S/C27H40O5/c1-5-31-23-25(3)11-6-12-27(16-32-23)20-10-14-26(4,30)22(24(20,2)13-9-21(25)27)18-15-17(28)7-8-19(18)29/h7-8,15,20-23,28-30H,5-6,9-14,16H2,1-4H3/t20?,21?,22-,23-,24?,25-,26-,27-/m0/s1. The van der Waals surface area contributed by atoms with E-state index in [1.165, 1.54) is 12.5 Å². The van der Waals surface area contributed by atoms with Gasteiger partial charge in [-0.1, -0.05) is 20.3 Å². The Kier molecular flexibility index (Phi) is 5.16. The van der Waals surface area contributed by atoms with E-state index in [0.717, 1.165) is 38.7 Å². The van der Waals surface area contributed by atoms with Gasteiger partial charge in [0.25, 0.3) is 0 Å². The highest BCUT2D eigenvalue weighted by atomic mass is 16.7. The third-order valence-corrected chi connectivity index (χ3v) is 10.2. The van der Waals surface area contributed by atoms with Crippen molar-refractivity contribution in [3.05, 3.63) is 23.8 Å². The number of phenols is 2. The van der Waals surface area contributed by atoms with Crippen molar-refractivity contribution >= 4 is 0 Å². The zero-order valence-corrected chi connectivity index (χ0v) is 20.1. The molecule has 1 aromatic rings. The molecule has 5 heteroatoms. The van der Waals surface area contributed by atoms with E-state index in [4.69, 9.17) is 9.47 Å². The third kappa shape index (κ3) is 2.93. The maximum Gasteiger partial charge on any atom is 0.163 e. The molecule has 1 aromatic carbocycles. The molecule has 1 heterocycles. The monoisotopic (exact) mass is 444 g/mol. The highest BCUT2D eigenvalue weighted by Gasteiger charge is 2.69. The van der Waals surface area contributed by atoms with Crippen LogP contribution in [0.15, 0.2) is 18.2 Å². The van der Waals surface area contributed by atoms with Gasteiger partial charge in [-0.15, -0.1) is 0 Å². The van der Waals surface area contributed by atoms with Gasteiger partial charge in [0.1, 0.15) is 11.5 Å². The van der Waals surface area contributed by atoms with Crippen molar-refractivity contribution in [1.82, 2.24) is 0 Å². The first-order chi connectivity index (χ1) is 15.1. The summed E-state index contributed by atoms with van der Waals surface area (Å²) in [5, 5.41) is 32.7. The molecule has 3 saturated carbocycles. The molecule has 3 N–H and O–H groups in total. The van der Waals surface area contributed by atoms with Gasteiger partial charge in [0.2, 0.25) is 0 Å². The largest absolute Gasteiger partial charge is 0.508 e. The summed E-state index contributed by atoms with van der Waals surface area (Å²) in [7, 11) is 0. The van der Waals surface area contributed by atoms with Crippen LogP contribution in [0.4, 0.5) is 0 Å². The lowest BCUT2D eigenvalue weighted by Crippen LogP contribution is -2.68. The van der Waals surface area contributed by atoms with Crippen LogP contribution < -0.4 is 0 Å². The van der Waals surface area contributed by atoms with Crippen molar-refractivity contribution in [2.45, 2.75) is 90.4 Å². The van der Waals surface area contributed by atoms with E-state index in [0.29, 0.717) is 30.4 Å². The molecule has 4 aliphatic rings. The van der Waals surface area contributed by atoms with Gasteiger partial charge in [-0.2, -0.15) is 0 Å². The molecule has 4 fully saturated rings. The maximum absolute atomic E-state index is 11.6. The Labute approximate surface area is 192 Å². The highest BCUT2D eigenvalue weighted by Crippen LogP contribution is 2.73. The fraction of sp³-hybridized carbons (Fsp3) is 0.778. The third-order valence-electron chi connectivity index (χ3n) is 10.2. The number of aromatic hydroxyl groups is 2. The van der Waals surface area contributed by atoms with Crippen LogP contribution in [-0.2, 0) is 9.47 Å². The number of aliphatic hydroxyl groups is 1. The molecule has 5 rings (SSSR count). The molecule has 3 unspecified atom stereocenters. The minimum atomic E-state index is -0.943. The van der Waals surface area contributed by atoms with Crippen LogP contribution >= 0.6 is 0 Å². The molecule has 3 aliphatic carbocycles. The quantitative estimate of drug-likeness (QED) is 0.549. The summed E-state index contributed by atoms with van der Waals surface area (Å²) < 4.78 is 12.6. The number of hydrogen-bond donors (Lipinski definition) is 3. The van der Waals surface area contributed by atoms with Gasteiger partial charge in [-0.3, -0.25) is 0 Å². The molecule has 0 aromatic heterocycles. The molecule has 0 spiro atoms. The summed E-state index contributed by atoms with van der Waals surface area (Å²) in [5.74, 6) is 1.00. The number of hydrogen-bond acceptors (Lipinski definition) is 5. The lowest BCUT2D eigenvalue weighted by molar-refractivity contribution is -0.333. The fourth-order valence-electron chi connectivity index (χ4n) is 9.21. The molecule has 0 radical (unpaired) electrons. The van der Waals surface area contributed by atoms with Gasteiger partial charge in [0, 0.05) is 28.9 Å².